The van der Waals surface area contributed by atoms with Gasteiger partial charge in [0.25, 0.3) is 0 Å². The molecule has 2 amide bonds. The van der Waals surface area contributed by atoms with Crippen molar-refractivity contribution in [2.75, 3.05) is 5.75 Å². The largest absolute Gasteiger partial charge is 0.392 e. The van der Waals surface area contributed by atoms with Crippen LogP contribution >= 0.6 is 23.1 Å². The molecule has 11 heteroatoms. The van der Waals surface area contributed by atoms with E-state index in [0.717, 1.165) is 55.4 Å². The van der Waals surface area contributed by atoms with E-state index in [0.29, 0.717) is 32.2 Å². The van der Waals surface area contributed by atoms with E-state index in [2.05, 4.69) is 35.6 Å². The van der Waals surface area contributed by atoms with Crippen molar-refractivity contribution in [3.63, 3.8) is 0 Å². The van der Waals surface area contributed by atoms with Crippen LogP contribution in [0.2, 0.25) is 0 Å². The highest BCUT2D eigenvalue weighted by molar-refractivity contribution is 8.01. The minimum absolute atomic E-state index is 0.000615. The number of ether oxygens (including phenoxy) is 2. The summed E-state index contributed by atoms with van der Waals surface area (Å²) in [4.78, 5) is 28.3. The molecule has 2 heterocycles. The number of hydrogen-bond donors (Lipinski definition) is 4. The number of rotatable bonds is 15. The lowest BCUT2D eigenvalue weighted by molar-refractivity contribution is -0.245. The van der Waals surface area contributed by atoms with Gasteiger partial charge in [0, 0.05) is 37.1 Å². The third-order valence-electron chi connectivity index (χ3n) is 8.65. The lowest BCUT2D eigenvalue weighted by Gasteiger charge is -2.36. The van der Waals surface area contributed by atoms with Crippen LogP contribution in [0.5, 0.6) is 0 Å². The van der Waals surface area contributed by atoms with E-state index in [9.17, 15) is 14.7 Å². The lowest BCUT2D eigenvalue weighted by Crippen LogP contribution is -2.31. The normalized spacial score (nSPS) is 17.4. The van der Waals surface area contributed by atoms with Crippen LogP contribution < -0.4 is 10.8 Å². The number of nitrogens with one attached hydrogen (secondary N) is 2. The lowest BCUT2D eigenvalue weighted by atomic mass is 9.99. The molecule has 50 heavy (non-hydrogen) atoms. The van der Waals surface area contributed by atoms with Crippen LogP contribution in [0.15, 0.2) is 101 Å². The van der Waals surface area contributed by atoms with Gasteiger partial charge in [-0.3, -0.25) is 14.8 Å². The number of thioether (sulfide) groups is 1. The van der Waals surface area contributed by atoms with Crippen LogP contribution in [0.3, 0.4) is 0 Å². The summed E-state index contributed by atoms with van der Waals surface area (Å²) in [5.41, 5.74) is 8.57. The molecule has 0 aliphatic carbocycles. The smallest absolute Gasteiger partial charge is 0.243 e. The first-order chi connectivity index (χ1) is 24.5. The van der Waals surface area contributed by atoms with E-state index in [1.165, 1.54) is 4.70 Å². The molecule has 260 valence electrons. The molecule has 1 saturated heterocycles. The van der Waals surface area contributed by atoms with Gasteiger partial charge in [0.2, 0.25) is 11.8 Å². The summed E-state index contributed by atoms with van der Waals surface area (Å²) < 4.78 is 15.3. The number of carbonyl (C=O) groups excluding carboxylic acids is 2. The molecule has 1 aromatic heterocycles. The van der Waals surface area contributed by atoms with Gasteiger partial charge in [-0.15, -0.1) is 11.3 Å². The standard InChI is InChI=1S/C39H41N3O6S2/c43-24-26-13-15-29(16-14-26)34-22-32(25-49-39-41-33-9-4-5-10-35(33)50-39)47-38(48-34)30-19-17-28(18-20-30)31-8-6-7-27(21-31)23-40-36(44)11-2-1-3-12-37(45)42-46/h4-10,13-21,32,34,38,43,46H,1-3,11-12,22-25H2,(H,40,44)(H,42,45). The number of hydrogen-bond acceptors (Lipinski definition) is 9. The monoisotopic (exact) mass is 711 g/mol. The number of aliphatic hydroxyl groups is 1. The number of aromatic nitrogens is 1. The molecule has 4 N–H and O–H groups in total. The molecule has 0 saturated carbocycles. The average Bonchev–Trinajstić information content (AvgIpc) is 3.59. The topological polar surface area (TPSA) is 130 Å². The summed E-state index contributed by atoms with van der Waals surface area (Å²) in [6.45, 7) is 0.428. The van der Waals surface area contributed by atoms with Crippen LogP contribution in [0.25, 0.3) is 21.3 Å². The minimum Gasteiger partial charge on any atom is -0.392 e. The number of fused-ring (bicyclic) bond motifs is 1. The van der Waals surface area contributed by atoms with Crippen molar-refractivity contribution >= 4 is 45.1 Å². The zero-order valence-corrected chi connectivity index (χ0v) is 29.3. The van der Waals surface area contributed by atoms with Gasteiger partial charge < -0.3 is 19.9 Å². The molecule has 9 nitrogen and oxygen atoms in total. The molecule has 5 aromatic rings. The summed E-state index contributed by atoms with van der Waals surface area (Å²) >= 11 is 3.41. The maximum Gasteiger partial charge on any atom is 0.243 e. The molecule has 6 rings (SSSR count). The molecule has 0 spiro atoms. The third kappa shape index (κ3) is 9.78. The zero-order valence-electron chi connectivity index (χ0n) is 27.6. The molecular weight excluding hydrogens is 671 g/mol. The zero-order chi connectivity index (χ0) is 34.7. The number of nitrogens with zero attached hydrogens (tertiary/aromatic N) is 1. The molecule has 0 bridgehead atoms. The molecular formula is C39H41N3O6S2. The van der Waals surface area contributed by atoms with E-state index >= 15 is 0 Å². The molecule has 3 unspecified atom stereocenters. The Balaban J connectivity index is 1.08. The quantitative estimate of drug-likeness (QED) is 0.0374. The summed E-state index contributed by atoms with van der Waals surface area (Å²) in [5, 5.41) is 21.1. The van der Waals surface area contributed by atoms with E-state index < -0.39 is 12.2 Å². The Hall–Kier alpha value is -4.10. The Morgan fingerprint density at radius 2 is 1.58 bits per heavy atom. The molecule has 4 aromatic carbocycles. The predicted molar refractivity (Wildman–Crippen MR) is 196 cm³/mol. The van der Waals surface area contributed by atoms with E-state index in [4.69, 9.17) is 19.7 Å². The van der Waals surface area contributed by atoms with Gasteiger partial charge in [-0.2, -0.15) is 0 Å². The van der Waals surface area contributed by atoms with E-state index in [1.807, 2.05) is 66.7 Å². The van der Waals surface area contributed by atoms with Crippen LogP contribution in [-0.2, 0) is 32.2 Å². The number of carbonyl (C=O) groups is 2. The third-order valence-corrected chi connectivity index (χ3v) is 11.0. The maximum atomic E-state index is 12.4. The first-order valence-corrected chi connectivity index (χ1v) is 18.7. The average molecular weight is 712 g/mol. The van der Waals surface area contributed by atoms with Crippen LogP contribution in [0.1, 0.15) is 73.2 Å². The molecule has 1 aliphatic rings. The maximum absolute atomic E-state index is 12.4. The molecule has 0 radical (unpaired) electrons. The fraction of sp³-hybridized carbons (Fsp3) is 0.308. The highest BCUT2D eigenvalue weighted by atomic mass is 32.2. The van der Waals surface area contributed by atoms with Gasteiger partial charge >= 0.3 is 0 Å². The Morgan fingerprint density at radius 1 is 0.820 bits per heavy atom. The van der Waals surface area contributed by atoms with E-state index in [1.54, 1.807) is 28.6 Å². The summed E-state index contributed by atoms with van der Waals surface area (Å²) in [7, 11) is 0. The highest BCUT2D eigenvalue weighted by Crippen LogP contribution is 2.40. The van der Waals surface area contributed by atoms with Gasteiger partial charge in [0.1, 0.15) is 0 Å². The van der Waals surface area contributed by atoms with Crippen molar-refractivity contribution in [2.24, 2.45) is 0 Å². The number of benzene rings is 4. The van der Waals surface area contributed by atoms with Crippen LogP contribution in [0, 0.1) is 0 Å². The second-order valence-electron chi connectivity index (χ2n) is 12.3. The second-order valence-corrected chi connectivity index (χ2v) is 14.6. The van der Waals surface area contributed by atoms with Gasteiger partial charge in [-0.25, -0.2) is 10.5 Å². The summed E-state index contributed by atoms with van der Waals surface area (Å²) in [6.07, 6.45) is 2.63. The van der Waals surface area contributed by atoms with Crippen molar-refractivity contribution in [3.8, 4) is 11.1 Å². The van der Waals surface area contributed by atoms with E-state index in [-0.39, 0.29) is 31.1 Å². The Bertz CT molecular complexity index is 1830. The Labute approximate surface area is 300 Å². The number of para-hydroxylation sites is 1. The SMILES string of the molecule is O=C(CCCCCC(=O)NCc1cccc(-c2ccc(C3OC(CSc4nc5ccccc5s4)CC(c4ccc(CO)cc4)O3)cc2)c1)NO. The highest BCUT2D eigenvalue weighted by Gasteiger charge is 2.32. The molecule has 1 aliphatic heterocycles. The van der Waals surface area contributed by atoms with Gasteiger partial charge in [0.15, 0.2) is 10.6 Å². The number of thiazole rings is 1. The Morgan fingerprint density at radius 3 is 2.34 bits per heavy atom. The predicted octanol–water partition coefficient (Wildman–Crippen LogP) is 7.87. The van der Waals surface area contributed by atoms with Gasteiger partial charge in [-0.1, -0.05) is 97.0 Å². The first kappa shape index (κ1) is 35.7. The van der Waals surface area contributed by atoms with Gasteiger partial charge in [0.05, 0.1) is 29.0 Å². The van der Waals surface area contributed by atoms with Crippen molar-refractivity contribution in [3.05, 3.63) is 119 Å². The van der Waals surface area contributed by atoms with Gasteiger partial charge in [-0.05, 0) is 58.9 Å². The van der Waals surface area contributed by atoms with Crippen molar-refractivity contribution in [1.82, 2.24) is 15.8 Å². The molecule has 1 fully saturated rings. The fourth-order valence-corrected chi connectivity index (χ4v) is 8.00. The first-order valence-electron chi connectivity index (χ1n) is 16.9. The Kier molecular flexibility index (Phi) is 12.7. The molecule has 3 atom stereocenters. The summed E-state index contributed by atoms with van der Waals surface area (Å²) in [6, 6.07) is 32.5. The van der Waals surface area contributed by atoms with Crippen molar-refractivity contribution in [1.29, 1.82) is 0 Å². The number of hydroxylamine groups is 1. The number of amides is 2. The van der Waals surface area contributed by atoms with Crippen LogP contribution in [0.4, 0.5) is 0 Å². The minimum atomic E-state index is -0.547. The fourth-order valence-electron chi connectivity index (χ4n) is 5.89. The number of unbranched alkanes of at least 4 members (excludes halogenated alkanes) is 2. The van der Waals surface area contributed by atoms with Crippen LogP contribution in [-0.4, -0.2) is 39.0 Å². The number of aliphatic hydroxyl groups excluding tert-OH is 1. The summed E-state index contributed by atoms with van der Waals surface area (Å²) in [5.74, 6) is 0.309. The van der Waals surface area contributed by atoms with Crippen molar-refractivity contribution in [2.45, 2.75) is 74.5 Å². The second kappa shape index (κ2) is 17.7. The van der Waals surface area contributed by atoms with Crippen molar-refractivity contribution < 1.29 is 29.4 Å².